The van der Waals surface area contributed by atoms with Gasteiger partial charge >= 0.3 is 0 Å². The number of thiophene rings is 1. The van der Waals surface area contributed by atoms with Crippen LogP contribution in [-0.2, 0) is 5.75 Å². The van der Waals surface area contributed by atoms with E-state index in [1.54, 1.807) is 11.8 Å². The molecule has 0 radical (unpaired) electrons. The van der Waals surface area contributed by atoms with Crippen LogP contribution in [0.2, 0.25) is 0 Å². The van der Waals surface area contributed by atoms with Crippen molar-refractivity contribution in [1.29, 1.82) is 0 Å². The normalized spacial score (nSPS) is 12.7. The monoisotopic (exact) mass is 344 g/mol. The van der Waals surface area contributed by atoms with Gasteiger partial charge < -0.3 is 0 Å². The summed E-state index contributed by atoms with van der Waals surface area (Å²) in [5.74, 6) is 0.818. The third kappa shape index (κ3) is 3.35. The molecule has 1 unspecified atom stereocenters. The average Bonchev–Trinajstić information content (AvgIpc) is 3.02. The van der Waals surface area contributed by atoms with Crippen molar-refractivity contribution in [2.24, 2.45) is 0 Å². The Morgan fingerprint density at radius 1 is 1.26 bits per heavy atom. The summed E-state index contributed by atoms with van der Waals surface area (Å²) in [6.07, 6.45) is 0.913. The van der Waals surface area contributed by atoms with E-state index in [4.69, 9.17) is 4.98 Å². The molecule has 0 spiro atoms. The summed E-state index contributed by atoms with van der Waals surface area (Å²) in [7, 11) is 0. The zero-order chi connectivity index (χ0) is 16.4. The molecule has 0 aliphatic carbocycles. The van der Waals surface area contributed by atoms with Crippen molar-refractivity contribution in [3.05, 3.63) is 57.2 Å². The van der Waals surface area contributed by atoms with Gasteiger partial charge in [0.25, 0.3) is 5.56 Å². The van der Waals surface area contributed by atoms with Gasteiger partial charge in [-0.15, -0.1) is 11.3 Å². The molecule has 120 valence electrons. The van der Waals surface area contributed by atoms with Gasteiger partial charge in [-0.25, -0.2) is 4.98 Å². The lowest BCUT2D eigenvalue weighted by Crippen LogP contribution is -2.25. The third-order valence-corrected chi connectivity index (χ3v) is 5.92. The highest BCUT2D eigenvalue weighted by Gasteiger charge is 2.16. The summed E-state index contributed by atoms with van der Waals surface area (Å²) in [5.41, 5.74) is 3.40. The lowest BCUT2D eigenvalue weighted by Gasteiger charge is -2.17. The molecule has 23 heavy (non-hydrogen) atoms. The first-order valence-corrected chi connectivity index (χ1v) is 9.64. The Morgan fingerprint density at radius 3 is 2.70 bits per heavy atom. The molecule has 1 aromatic carbocycles. The predicted octanol–water partition coefficient (Wildman–Crippen LogP) is 5.03. The minimum atomic E-state index is 0.0887. The summed E-state index contributed by atoms with van der Waals surface area (Å²) in [6.45, 7) is 6.27. The fourth-order valence-electron chi connectivity index (χ4n) is 2.41. The summed E-state index contributed by atoms with van der Waals surface area (Å²) in [5, 5.41) is 2.75. The van der Waals surface area contributed by atoms with Gasteiger partial charge in [0.05, 0.1) is 5.52 Å². The number of aryl methyl sites for hydroxylation is 1. The number of hydrogen-bond donors (Lipinski definition) is 0. The molecular formula is C18H20N2OS2. The Balaban J connectivity index is 1.97. The van der Waals surface area contributed by atoms with Crippen LogP contribution in [0.15, 0.2) is 45.7 Å². The maximum Gasteiger partial charge on any atom is 0.272 e. The first-order chi connectivity index (χ1) is 11.1. The van der Waals surface area contributed by atoms with Gasteiger partial charge in [0.1, 0.15) is 4.70 Å². The average molecular weight is 345 g/mol. The Morgan fingerprint density at radius 2 is 2.00 bits per heavy atom. The minimum absolute atomic E-state index is 0.0887. The van der Waals surface area contributed by atoms with E-state index in [1.807, 2.05) is 16.0 Å². The highest BCUT2D eigenvalue weighted by molar-refractivity contribution is 7.98. The molecule has 0 saturated carbocycles. The van der Waals surface area contributed by atoms with Crippen LogP contribution in [0.4, 0.5) is 0 Å². The molecule has 3 aromatic rings. The van der Waals surface area contributed by atoms with E-state index in [9.17, 15) is 4.79 Å². The standard InChI is InChI=1S/C18H20N2OS2/c1-4-13(3)20-17(21)16-15(9-10-22-16)19-18(20)23-11-14-7-5-12(2)6-8-14/h5-10,13H,4,11H2,1-3H3. The number of nitrogens with zero attached hydrogens (tertiary/aromatic N) is 2. The fraction of sp³-hybridized carbons (Fsp3) is 0.333. The highest BCUT2D eigenvalue weighted by Crippen LogP contribution is 2.26. The van der Waals surface area contributed by atoms with Gasteiger partial charge in [-0.1, -0.05) is 48.5 Å². The molecule has 3 rings (SSSR count). The zero-order valence-corrected chi connectivity index (χ0v) is 15.2. The Hall–Kier alpha value is -1.59. The lowest BCUT2D eigenvalue weighted by atomic mass is 10.2. The van der Waals surface area contributed by atoms with E-state index in [0.717, 1.165) is 27.5 Å². The third-order valence-electron chi connectivity index (χ3n) is 4.00. The Bertz CT molecular complexity index is 865. The van der Waals surface area contributed by atoms with E-state index in [0.29, 0.717) is 0 Å². The number of rotatable bonds is 5. The second-order valence-corrected chi connectivity index (χ2v) is 7.59. The van der Waals surface area contributed by atoms with E-state index < -0.39 is 0 Å². The van der Waals surface area contributed by atoms with Crippen LogP contribution in [0.3, 0.4) is 0 Å². The topological polar surface area (TPSA) is 34.9 Å². The second kappa shape index (κ2) is 6.89. The summed E-state index contributed by atoms with van der Waals surface area (Å²) in [4.78, 5) is 17.5. The molecule has 2 aromatic heterocycles. The van der Waals surface area contributed by atoms with Gasteiger partial charge in [-0.05, 0) is 37.3 Å². The number of thioether (sulfide) groups is 1. The number of hydrogen-bond acceptors (Lipinski definition) is 4. The Kier molecular flexibility index (Phi) is 4.87. The SMILES string of the molecule is CCC(C)n1c(SCc2ccc(C)cc2)nc2ccsc2c1=O. The molecule has 5 heteroatoms. The lowest BCUT2D eigenvalue weighted by molar-refractivity contribution is 0.468. The summed E-state index contributed by atoms with van der Waals surface area (Å²) in [6, 6.07) is 10.6. The highest BCUT2D eigenvalue weighted by atomic mass is 32.2. The largest absolute Gasteiger partial charge is 0.284 e. The van der Waals surface area contributed by atoms with Crippen LogP contribution in [0.25, 0.3) is 10.2 Å². The fourth-order valence-corrected chi connectivity index (χ4v) is 4.23. The quantitative estimate of drug-likeness (QED) is 0.481. The van der Waals surface area contributed by atoms with Crippen molar-refractivity contribution >= 4 is 33.3 Å². The maximum absolute atomic E-state index is 12.8. The van der Waals surface area contributed by atoms with E-state index in [2.05, 4.69) is 45.0 Å². The second-order valence-electron chi connectivity index (χ2n) is 5.74. The molecule has 3 nitrogen and oxygen atoms in total. The van der Waals surface area contributed by atoms with Gasteiger partial charge in [-0.2, -0.15) is 0 Å². The first-order valence-electron chi connectivity index (χ1n) is 7.78. The van der Waals surface area contributed by atoms with Crippen LogP contribution in [0, 0.1) is 6.92 Å². The van der Waals surface area contributed by atoms with Crippen molar-refractivity contribution in [3.63, 3.8) is 0 Å². The first kappa shape index (κ1) is 16.3. The molecule has 0 bridgehead atoms. The molecule has 0 fully saturated rings. The molecule has 0 saturated heterocycles. The Labute approximate surface area is 144 Å². The number of fused-ring (bicyclic) bond motifs is 1. The van der Waals surface area contributed by atoms with Gasteiger partial charge in [-0.3, -0.25) is 9.36 Å². The molecular weight excluding hydrogens is 324 g/mol. The molecule has 0 amide bonds. The van der Waals surface area contributed by atoms with Crippen molar-refractivity contribution in [1.82, 2.24) is 9.55 Å². The zero-order valence-electron chi connectivity index (χ0n) is 13.6. The molecule has 1 atom stereocenters. The van der Waals surface area contributed by atoms with E-state index >= 15 is 0 Å². The molecule has 2 heterocycles. The maximum atomic E-state index is 12.8. The van der Waals surface area contributed by atoms with Gasteiger partial charge in [0.2, 0.25) is 0 Å². The van der Waals surface area contributed by atoms with Gasteiger partial charge in [0.15, 0.2) is 5.16 Å². The number of benzene rings is 1. The van der Waals surface area contributed by atoms with E-state index in [1.165, 1.54) is 22.5 Å². The van der Waals surface area contributed by atoms with Crippen LogP contribution < -0.4 is 5.56 Å². The van der Waals surface area contributed by atoms with Crippen molar-refractivity contribution < 1.29 is 0 Å². The minimum Gasteiger partial charge on any atom is -0.284 e. The van der Waals surface area contributed by atoms with Crippen LogP contribution in [0.1, 0.15) is 37.4 Å². The smallest absolute Gasteiger partial charge is 0.272 e. The van der Waals surface area contributed by atoms with Crippen molar-refractivity contribution in [2.75, 3.05) is 0 Å². The summed E-state index contributed by atoms with van der Waals surface area (Å²) < 4.78 is 2.61. The predicted molar refractivity (Wildman–Crippen MR) is 99.6 cm³/mol. The molecule has 0 aliphatic rings. The van der Waals surface area contributed by atoms with E-state index in [-0.39, 0.29) is 11.6 Å². The number of aromatic nitrogens is 2. The van der Waals surface area contributed by atoms with Crippen molar-refractivity contribution in [2.45, 2.75) is 44.1 Å². The van der Waals surface area contributed by atoms with Gasteiger partial charge in [0, 0.05) is 11.8 Å². The molecule has 0 N–H and O–H groups in total. The molecule has 0 aliphatic heterocycles. The van der Waals surface area contributed by atoms with Crippen LogP contribution in [0.5, 0.6) is 0 Å². The summed E-state index contributed by atoms with van der Waals surface area (Å²) >= 11 is 3.11. The van der Waals surface area contributed by atoms with Crippen LogP contribution >= 0.6 is 23.1 Å². The van der Waals surface area contributed by atoms with Crippen LogP contribution in [-0.4, -0.2) is 9.55 Å². The van der Waals surface area contributed by atoms with Crippen molar-refractivity contribution in [3.8, 4) is 0 Å².